The largest absolute Gasteiger partial charge is 0.487 e. The monoisotopic (exact) mass is 421 g/mol. The van der Waals surface area contributed by atoms with Gasteiger partial charge in [-0.05, 0) is 35.9 Å². The highest BCUT2D eigenvalue weighted by atomic mass is 19.1. The van der Waals surface area contributed by atoms with Crippen molar-refractivity contribution in [3.8, 4) is 11.8 Å². The van der Waals surface area contributed by atoms with Crippen molar-refractivity contribution >= 4 is 17.6 Å². The zero-order valence-electron chi connectivity index (χ0n) is 16.3. The molecule has 2 N–H and O–H groups in total. The Kier molecular flexibility index (Phi) is 5.28. The van der Waals surface area contributed by atoms with Gasteiger partial charge in [0.15, 0.2) is 11.6 Å². The van der Waals surface area contributed by atoms with Gasteiger partial charge in [0.05, 0.1) is 11.6 Å². The Balaban J connectivity index is 1.45. The van der Waals surface area contributed by atoms with E-state index in [0.29, 0.717) is 23.0 Å². The average molecular weight is 421 g/mol. The second-order valence-electron chi connectivity index (χ2n) is 6.80. The van der Waals surface area contributed by atoms with Crippen LogP contribution in [0.15, 0.2) is 36.5 Å². The van der Waals surface area contributed by atoms with Gasteiger partial charge in [-0.25, -0.2) is 14.4 Å². The maximum Gasteiger partial charge on any atom is 0.291 e. The summed E-state index contributed by atoms with van der Waals surface area (Å²) in [6, 6.07) is 8.20. The number of nitrogens with zero attached hydrogens (tertiary/aromatic N) is 5. The van der Waals surface area contributed by atoms with Crippen molar-refractivity contribution in [3.63, 3.8) is 0 Å². The lowest BCUT2D eigenvalue weighted by Crippen LogP contribution is -2.49. The molecule has 0 saturated carbocycles. The molecular weight excluding hydrogens is 405 g/mol. The molecule has 11 heteroatoms. The van der Waals surface area contributed by atoms with Crippen LogP contribution >= 0.6 is 0 Å². The van der Waals surface area contributed by atoms with E-state index in [4.69, 9.17) is 10.00 Å². The zero-order valence-corrected chi connectivity index (χ0v) is 16.3. The van der Waals surface area contributed by atoms with E-state index in [1.54, 1.807) is 19.2 Å². The number of benzene rings is 1. The van der Waals surface area contributed by atoms with Crippen molar-refractivity contribution in [2.45, 2.75) is 12.5 Å². The van der Waals surface area contributed by atoms with Crippen LogP contribution in [0.25, 0.3) is 0 Å². The number of carbonyl (C=O) groups excluding carboxylic acids is 2. The predicted octanol–water partition coefficient (Wildman–Crippen LogP) is 0.955. The summed E-state index contributed by atoms with van der Waals surface area (Å²) in [5, 5.41) is 18.0. The number of nitriles is 1. The second kappa shape index (κ2) is 8.19. The molecule has 0 radical (unpaired) electrons. The lowest BCUT2D eigenvalue weighted by Gasteiger charge is -2.18. The van der Waals surface area contributed by atoms with Crippen LogP contribution in [0.1, 0.15) is 27.6 Å². The molecule has 0 fully saturated rings. The number of nitrogens with one attached hydrogen (secondary N) is 2. The maximum absolute atomic E-state index is 13.6. The maximum atomic E-state index is 13.6. The fourth-order valence-electron chi connectivity index (χ4n) is 3.14. The molecule has 1 aromatic carbocycles. The first-order chi connectivity index (χ1) is 14.9. The van der Waals surface area contributed by atoms with E-state index in [-0.39, 0.29) is 24.4 Å². The van der Waals surface area contributed by atoms with Crippen LogP contribution in [-0.4, -0.2) is 51.7 Å². The lowest BCUT2D eigenvalue weighted by atomic mass is 10.1. The Bertz CT molecular complexity index is 1200. The third-order valence-corrected chi connectivity index (χ3v) is 4.60. The number of carbonyl (C=O) groups is 2. The number of amides is 2. The summed E-state index contributed by atoms with van der Waals surface area (Å²) in [6.07, 6.45) is 1.68. The minimum atomic E-state index is -0.963. The third-order valence-electron chi connectivity index (χ3n) is 4.60. The van der Waals surface area contributed by atoms with Gasteiger partial charge in [-0.15, -0.1) is 5.10 Å². The molecule has 0 saturated heterocycles. The summed E-state index contributed by atoms with van der Waals surface area (Å²) >= 11 is 0. The number of rotatable bonds is 4. The molecule has 3 heterocycles. The number of likely N-dealkylation sites (N-methyl/N-ethyl adjacent to an activating group) is 1. The van der Waals surface area contributed by atoms with Crippen LogP contribution in [0, 0.1) is 17.1 Å². The summed E-state index contributed by atoms with van der Waals surface area (Å²) in [5.74, 6) is -0.700. The van der Waals surface area contributed by atoms with Crippen molar-refractivity contribution in [1.82, 2.24) is 25.5 Å². The first-order valence-electron chi connectivity index (χ1n) is 9.21. The summed E-state index contributed by atoms with van der Waals surface area (Å²) in [6.45, 7) is -0.0783. The minimum Gasteiger partial charge on any atom is -0.487 e. The predicted molar refractivity (Wildman–Crippen MR) is 105 cm³/mol. The Morgan fingerprint density at radius 1 is 1.45 bits per heavy atom. The number of H-pyrrole nitrogens is 1. The van der Waals surface area contributed by atoms with Crippen molar-refractivity contribution < 1.29 is 18.7 Å². The topological polar surface area (TPSA) is 137 Å². The number of hydrogen-bond acceptors (Lipinski definition) is 7. The first kappa shape index (κ1) is 20.0. The molecule has 156 valence electrons. The molecule has 3 aromatic rings. The van der Waals surface area contributed by atoms with Gasteiger partial charge in [-0.2, -0.15) is 5.26 Å². The van der Waals surface area contributed by atoms with E-state index in [0.717, 1.165) is 6.07 Å². The number of ether oxygens (including phenoxy) is 1. The number of anilines is 1. The first-order valence-corrected chi connectivity index (χ1v) is 9.21. The molecule has 1 atom stereocenters. The lowest BCUT2D eigenvalue weighted by molar-refractivity contribution is -0.120. The van der Waals surface area contributed by atoms with Gasteiger partial charge in [0.1, 0.15) is 24.3 Å². The number of halogens is 1. The third kappa shape index (κ3) is 4.18. The highest BCUT2D eigenvalue weighted by Gasteiger charge is 2.32. The van der Waals surface area contributed by atoms with E-state index >= 15 is 0 Å². The van der Waals surface area contributed by atoms with Gasteiger partial charge < -0.3 is 10.1 Å². The van der Waals surface area contributed by atoms with E-state index < -0.39 is 23.7 Å². The Morgan fingerprint density at radius 3 is 3.10 bits per heavy atom. The molecule has 1 aliphatic rings. The molecular formula is C20H16FN7O3. The second-order valence-corrected chi connectivity index (χ2v) is 6.80. The summed E-state index contributed by atoms with van der Waals surface area (Å²) in [7, 11) is 1.54. The molecule has 0 spiro atoms. The Hall–Kier alpha value is -4.33. The zero-order chi connectivity index (χ0) is 22.0. The van der Waals surface area contributed by atoms with Gasteiger partial charge in [-0.3, -0.25) is 19.6 Å². The van der Waals surface area contributed by atoms with Crippen molar-refractivity contribution in [2.24, 2.45) is 0 Å². The SMILES string of the molecule is CN1C(=O)C(NC(=O)c2n[nH]c(Cc3cc(F)cc(C#N)c3)n2)COc2cccnc21. The number of aromatic amines is 1. The van der Waals surface area contributed by atoms with E-state index in [1.807, 2.05) is 6.07 Å². The van der Waals surface area contributed by atoms with Gasteiger partial charge in [0.25, 0.3) is 11.8 Å². The Labute approximate surface area is 175 Å². The molecule has 1 unspecified atom stereocenters. The van der Waals surface area contributed by atoms with E-state index in [2.05, 4.69) is 25.5 Å². The van der Waals surface area contributed by atoms with Gasteiger partial charge in [0, 0.05) is 19.7 Å². The average Bonchev–Trinajstić information content (AvgIpc) is 3.19. The molecule has 0 aliphatic carbocycles. The van der Waals surface area contributed by atoms with Crippen LogP contribution in [0.5, 0.6) is 5.75 Å². The number of aromatic nitrogens is 4. The van der Waals surface area contributed by atoms with E-state index in [1.165, 1.54) is 23.2 Å². The van der Waals surface area contributed by atoms with Crippen molar-refractivity contribution in [2.75, 3.05) is 18.6 Å². The highest BCUT2D eigenvalue weighted by Crippen LogP contribution is 2.27. The number of fused-ring (bicyclic) bond motifs is 1. The van der Waals surface area contributed by atoms with Crippen LogP contribution in [-0.2, 0) is 11.2 Å². The quantitative estimate of drug-likeness (QED) is 0.640. The Morgan fingerprint density at radius 2 is 2.29 bits per heavy atom. The molecule has 2 aromatic heterocycles. The number of pyridine rings is 1. The van der Waals surface area contributed by atoms with Gasteiger partial charge in [-0.1, -0.05) is 0 Å². The molecule has 31 heavy (non-hydrogen) atoms. The van der Waals surface area contributed by atoms with Crippen LogP contribution in [0.3, 0.4) is 0 Å². The summed E-state index contributed by atoms with van der Waals surface area (Å²) in [4.78, 5) is 34.8. The fraction of sp³-hybridized carbons (Fsp3) is 0.200. The molecule has 2 amide bonds. The van der Waals surface area contributed by atoms with Gasteiger partial charge in [0.2, 0.25) is 5.82 Å². The molecule has 0 bridgehead atoms. The van der Waals surface area contributed by atoms with Crippen LogP contribution < -0.4 is 15.0 Å². The molecule has 10 nitrogen and oxygen atoms in total. The summed E-state index contributed by atoms with van der Waals surface area (Å²) in [5.41, 5.74) is 0.679. The highest BCUT2D eigenvalue weighted by molar-refractivity contribution is 6.01. The van der Waals surface area contributed by atoms with Crippen LogP contribution in [0.4, 0.5) is 10.2 Å². The molecule has 1 aliphatic heterocycles. The molecule has 4 rings (SSSR count). The minimum absolute atomic E-state index is 0.0783. The van der Waals surface area contributed by atoms with E-state index in [9.17, 15) is 14.0 Å². The fourth-order valence-corrected chi connectivity index (χ4v) is 3.14. The summed E-state index contributed by atoms with van der Waals surface area (Å²) < 4.78 is 19.2. The smallest absolute Gasteiger partial charge is 0.291 e. The standard InChI is InChI=1S/C20H16FN7O3/c1-28-18-15(3-2-4-23-18)31-10-14(20(28)30)24-19(29)17-25-16(26-27-17)8-11-5-12(9-22)7-13(21)6-11/h2-7,14H,8,10H2,1H3,(H,24,29)(H,25,26,27). The van der Waals surface area contributed by atoms with Gasteiger partial charge >= 0.3 is 0 Å². The van der Waals surface area contributed by atoms with Crippen molar-refractivity contribution in [3.05, 3.63) is 65.1 Å². The van der Waals surface area contributed by atoms with Crippen LogP contribution in [0.2, 0.25) is 0 Å². The van der Waals surface area contributed by atoms with Crippen molar-refractivity contribution in [1.29, 1.82) is 5.26 Å². The number of hydrogen-bond donors (Lipinski definition) is 2. The normalized spacial score (nSPS) is 15.5.